The molecule has 0 spiro atoms. The topological polar surface area (TPSA) is 105 Å². The number of thioether (sulfide) groups is 1. The van der Waals surface area contributed by atoms with Crippen molar-refractivity contribution in [2.24, 2.45) is 0 Å². The van der Waals surface area contributed by atoms with Crippen LogP contribution in [0.15, 0.2) is 23.1 Å². The Balaban J connectivity index is 1.79. The van der Waals surface area contributed by atoms with Crippen LogP contribution < -0.4 is 10.6 Å². The molecule has 1 aliphatic heterocycles. The molecule has 0 bridgehead atoms. The number of fused-ring (bicyclic) bond motifs is 1. The lowest BCUT2D eigenvalue weighted by atomic mass is 10.3. The maximum absolute atomic E-state index is 12.3. The van der Waals surface area contributed by atoms with Crippen molar-refractivity contribution in [1.29, 1.82) is 0 Å². The average molecular weight is 385 g/mol. The van der Waals surface area contributed by atoms with E-state index in [1.807, 2.05) is 0 Å². The highest BCUT2D eigenvalue weighted by molar-refractivity contribution is 7.99. The fraction of sp³-hybridized carbons (Fsp3) is 0.357. The average Bonchev–Trinajstić information content (AvgIpc) is 2.77. The van der Waals surface area contributed by atoms with Crippen molar-refractivity contribution < 1.29 is 18.0 Å². The van der Waals surface area contributed by atoms with E-state index in [2.05, 4.69) is 15.6 Å². The molecule has 0 unspecified atom stereocenters. The van der Waals surface area contributed by atoms with Crippen LogP contribution >= 0.6 is 23.1 Å². The molecule has 10 heteroatoms. The van der Waals surface area contributed by atoms with E-state index in [1.54, 1.807) is 23.9 Å². The van der Waals surface area contributed by atoms with Crippen LogP contribution in [0.2, 0.25) is 0 Å². The molecule has 1 fully saturated rings. The zero-order valence-corrected chi connectivity index (χ0v) is 15.2. The molecule has 1 atom stereocenters. The van der Waals surface area contributed by atoms with Crippen molar-refractivity contribution in [3.8, 4) is 0 Å². The molecule has 1 saturated heterocycles. The van der Waals surface area contributed by atoms with Crippen molar-refractivity contribution in [1.82, 2.24) is 10.3 Å². The van der Waals surface area contributed by atoms with Gasteiger partial charge in [0.05, 0.1) is 15.1 Å². The number of carbonyl (C=O) groups excluding carboxylic acids is 2. The summed E-state index contributed by atoms with van der Waals surface area (Å²) < 4.78 is 23.9. The first-order chi connectivity index (χ1) is 11.3. The smallest absolute Gasteiger partial charge is 0.249 e. The second-order valence-electron chi connectivity index (χ2n) is 5.35. The van der Waals surface area contributed by atoms with Crippen LogP contribution in [0.5, 0.6) is 0 Å². The number of rotatable bonds is 3. The van der Waals surface area contributed by atoms with Crippen LogP contribution in [0.1, 0.15) is 6.42 Å². The number of hydrogen-bond acceptors (Lipinski definition) is 7. The molecule has 0 aliphatic carbocycles. The predicted molar refractivity (Wildman–Crippen MR) is 95.2 cm³/mol. The van der Waals surface area contributed by atoms with Crippen molar-refractivity contribution in [3.05, 3.63) is 18.2 Å². The van der Waals surface area contributed by atoms with Crippen molar-refractivity contribution in [2.75, 3.05) is 23.1 Å². The number of nitrogens with one attached hydrogen (secondary N) is 2. The molecule has 1 aromatic heterocycles. The maximum atomic E-state index is 12.3. The van der Waals surface area contributed by atoms with Gasteiger partial charge < -0.3 is 10.6 Å². The van der Waals surface area contributed by atoms with E-state index in [0.717, 1.165) is 6.26 Å². The third kappa shape index (κ3) is 3.87. The predicted octanol–water partition coefficient (Wildman–Crippen LogP) is 1.26. The highest BCUT2D eigenvalue weighted by Crippen LogP contribution is 2.28. The van der Waals surface area contributed by atoms with E-state index in [9.17, 15) is 18.0 Å². The van der Waals surface area contributed by atoms with Crippen LogP contribution in [0.4, 0.5) is 5.13 Å². The van der Waals surface area contributed by atoms with E-state index in [0.29, 0.717) is 33.3 Å². The standard InChI is InChI=1S/C14H15N3O4S3/c1-24(20,21)8-2-3-9-11(6-8)23-14(16-9)17-13(19)10-7-22-5-4-12(18)15-10/h2-3,6,10H,4-5,7H2,1H3,(H,15,18)(H,16,17,19)/t10-/m0/s1. The quantitative estimate of drug-likeness (QED) is 0.824. The van der Waals surface area contributed by atoms with Crippen LogP contribution in [0.25, 0.3) is 10.2 Å². The van der Waals surface area contributed by atoms with E-state index in [-0.39, 0.29) is 16.7 Å². The third-order valence-electron chi connectivity index (χ3n) is 3.43. The molecule has 1 aromatic carbocycles. The van der Waals surface area contributed by atoms with E-state index in [1.165, 1.54) is 17.4 Å². The van der Waals surface area contributed by atoms with E-state index < -0.39 is 15.9 Å². The fourth-order valence-corrected chi connectivity index (χ4v) is 4.79. The Kier molecular flexibility index (Phi) is 4.79. The number of sulfone groups is 1. The molecule has 2 heterocycles. The monoisotopic (exact) mass is 385 g/mol. The largest absolute Gasteiger partial charge is 0.343 e. The summed E-state index contributed by atoms with van der Waals surface area (Å²) in [6, 6.07) is 4.05. The zero-order valence-electron chi connectivity index (χ0n) is 12.7. The van der Waals surface area contributed by atoms with E-state index in [4.69, 9.17) is 0 Å². The first-order valence-electron chi connectivity index (χ1n) is 7.11. The first kappa shape index (κ1) is 17.2. The first-order valence-corrected chi connectivity index (χ1v) is 11.0. The van der Waals surface area contributed by atoms with Gasteiger partial charge in [-0.2, -0.15) is 11.8 Å². The van der Waals surface area contributed by atoms with Gasteiger partial charge in [-0.05, 0) is 18.2 Å². The maximum Gasteiger partial charge on any atom is 0.249 e. The van der Waals surface area contributed by atoms with Gasteiger partial charge in [0.15, 0.2) is 15.0 Å². The Morgan fingerprint density at radius 2 is 2.21 bits per heavy atom. The van der Waals surface area contributed by atoms with Gasteiger partial charge in [0, 0.05) is 24.2 Å². The zero-order chi connectivity index (χ0) is 17.3. The summed E-state index contributed by atoms with van der Waals surface area (Å²) in [7, 11) is -3.29. The van der Waals surface area contributed by atoms with Gasteiger partial charge in [0.2, 0.25) is 11.8 Å². The van der Waals surface area contributed by atoms with Gasteiger partial charge in [0.1, 0.15) is 6.04 Å². The van der Waals surface area contributed by atoms with Gasteiger partial charge in [-0.15, -0.1) is 0 Å². The molecule has 2 aromatic rings. The molecule has 128 valence electrons. The van der Waals surface area contributed by atoms with Crippen LogP contribution in [-0.2, 0) is 19.4 Å². The summed E-state index contributed by atoms with van der Waals surface area (Å²) in [5, 5.41) is 5.76. The normalized spacial score (nSPS) is 18.9. The van der Waals surface area contributed by atoms with Gasteiger partial charge in [-0.25, -0.2) is 13.4 Å². The van der Waals surface area contributed by atoms with Crippen LogP contribution in [0.3, 0.4) is 0 Å². The summed E-state index contributed by atoms with van der Waals surface area (Å²) in [4.78, 5) is 28.3. The minimum absolute atomic E-state index is 0.137. The molecular weight excluding hydrogens is 370 g/mol. The molecule has 24 heavy (non-hydrogen) atoms. The molecule has 0 radical (unpaired) electrons. The second kappa shape index (κ2) is 6.69. The minimum atomic E-state index is -3.29. The Bertz CT molecular complexity index is 907. The Hall–Kier alpha value is -1.65. The number of nitrogens with zero attached hydrogens (tertiary/aromatic N) is 1. The summed E-state index contributed by atoms with van der Waals surface area (Å²) in [5.74, 6) is 0.758. The van der Waals surface area contributed by atoms with Gasteiger partial charge in [-0.1, -0.05) is 11.3 Å². The number of anilines is 1. The summed E-state index contributed by atoms with van der Waals surface area (Å²) in [6.45, 7) is 0. The number of benzene rings is 1. The highest BCUT2D eigenvalue weighted by atomic mass is 32.2. The lowest BCUT2D eigenvalue weighted by Gasteiger charge is -2.13. The Labute approximate surface area is 147 Å². The molecule has 2 N–H and O–H groups in total. The molecule has 1 aliphatic rings. The number of thiazole rings is 1. The SMILES string of the molecule is CS(=O)(=O)c1ccc2nc(NC(=O)[C@@H]3CSCCC(=O)N3)sc2c1. The van der Waals surface area contributed by atoms with Crippen LogP contribution in [-0.4, -0.2) is 49.0 Å². The van der Waals surface area contributed by atoms with E-state index >= 15 is 0 Å². The summed E-state index contributed by atoms with van der Waals surface area (Å²) >= 11 is 2.75. The molecular formula is C14H15N3O4S3. The lowest BCUT2D eigenvalue weighted by molar-refractivity contribution is -0.125. The van der Waals surface area contributed by atoms with Gasteiger partial charge >= 0.3 is 0 Å². The van der Waals surface area contributed by atoms with Crippen molar-refractivity contribution >= 4 is 60.1 Å². The van der Waals surface area contributed by atoms with Crippen molar-refractivity contribution in [2.45, 2.75) is 17.4 Å². The number of amides is 2. The van der Waals surface area contributed by atoms with Crippen molar-refractivity contribution in [3.63, 3.8) is 0 Å². The molecule has 7 nitrogen and oxygen atoms in total. The second-order valence-corrected chi connectivity index (χ2v) is 9.55. The van der Waals surface area contributed by atoms with Gasteiger partial charge in [0.25, 0.3) is 0 Å². The number of carbonyl (C=O) groups is 2. The minimum Gasteiger partial charge on any atom is -0.343 e. The Morgan fingerprint density at radius 3 is 2.96 bits per heavy atom. The number of hydrogen-bond donors (Lipinski definition) is 2. The lowest BCUT2D eigenvalue weighted by Crippen LogP contribution is -2.44. The fourth-order valence-electron chi connectivity index (χ4n) is 2.20. The Morgan fingerprint density at radius 1 is 1.42 bits per heavy atom. The summed E-state index contributed by atoms with van der Waals surface area (Å²) in [6.07, 6.45) is 1.55. The molecule has 3 rings (SSSR count). The van der Waals surface area contributed by atoms with Gasteiger partial charge in [-0.3, -0.25) is 9.59 Å². The molecule has 0 saturated carbocycles. The van der Waals surface area contributed by atoms with Crippen LogP contribution in [0, 0.1) is 0 Å². The molecule has 2 amide bonds. The summed E-state index contributed by atoms with van der Waals surface area (Å²) in [5.41, 5.74) is 0.613. The highest BCUT2D eigenvalue weighted by Gasteiger charge is 2.24. The third-order valence-corrected chi connectivity index (χ3v) is 6.53. The number of aromatic nitrogens is 1.